The van der Waals surface area contributed by atoms with E-state index >= 15 is 0 Å². The van der Waals surface area contributed by atoms with Crippen molar-refractivity contribution >= 4 is 22.7 Å². The standard InChI is InChI=1S/C22H28O4/c1-2-3-4-5-6-7-8-9-14-26-22(25)20-13-11-17-15-19(21(23)24)12-10-18(17)16-20/h10-13,15-16H,2-9,14H2,1H3,(H,23,24). The van der Waals surface area contributed by atoms with Crippen LogP contribution in [-0.2, 0) is 4.74 Å². The van der Waals surface area contributed by atoms with Gasteiger partial charge in [0, 0.05) is 0 Å². The minimum Gasteiger partial charge on any atom is -0.478 e. The third kappa shape index (κ3) is 6.17. The monoisotopic (exact) mass is 356 g/mol. The maximum atomic E-state index is 12.2. The van der Waals surface area contributed by atoms with Crippen LogP contribution < -0.4 is 0 Å². The van der Waals surface area contributed by atoms with Crippen LogP contribution in [-0.4, -0.2) is 23.7 Å². The Kier molecular flexibility index (Phi) is 8.13. The number of aromatic carboxylic acids is 1. The third-order valence-electron chi connectivity index (χ3n) is 4.55. The van der Waals surface area contributed by atoms with Crippen molar-refractivity contribution in [1.29, 1.82) is 0 Å². The van der Waals surface area contributed by atoms with Crippen molar-refractivity contribution in [2.24, 2.45) is 0 Å². The van der Waals surface area contributed by atoms with Gasteiger partial charge in [-0.3, -0.25) is 0 Å². The van der Waals surface area contributed by atoms with E-state index in [2.05, 4.69) is 6.92 Å². The summed E-state index contributed by atoms with van der Waals surface area (Å²) >= 11 is 0. The highest BCUT2D eigenvalue weighted by molar-refractivity contribution is 5.98. The summed E-state index contributed by atoms with van der Waals surface area (Å²) < 4.78 is 5.35. The number of carboxylic acids is 1. The van der Waals surface area contributed by atoms with Crippen molar-refractivity contribution in [3.05, 3.63) is 47.5 Å². The second kappa shape index (κ2) is 10.6. The molecular weight excluding hydrogens is 328 g/mol. The van der Waals surface area contributed by atoms with E-state index in [1.165, 1.54) is 38.5 Å². The molecule has 4 nitrogen and oxygen atoms in total. The van der Waals surface area contributed by atoms with Gasteiger partial charge in [-0.2, -0.15) is 0 Å². The first-order valence-corrected chi connectivity index (χ1v) is 9.56. The van der Waals surface area contributed by atoms with E-state index in [1.54, 1.807) is 36.4 Å². The minimum atomic E-state index is -0.958. The zero-order valence-corrected chi connectivity index (χ0v) is 15.5. The van der Waals surface area contributed by atoms with Crippen molar-refractivity contribution in [3.63, 3.8) is 0 Å². The SMILES string of the molecule is CCCCCCCCCCOC(=O)c1ccc2cc(C(=O)O)ccc2c1. The summed E-state index contributed by atoms with van der Waals surface area (Å²) in [4.78, 5) is 23.2. The lowest BCUT2D eigenvalue weighted by atomic mass is 10.0. The highest BCUT2D eigenvalue weighted by Crippen LogP contribution is 2.19. The van der Waals surface area contributed by atoms with Gasteiger partial charge in [0.2, 0.25) is 0 Å². The highest BCUT2D eigenvalue weighted by atomic mass is 16.5. The van der Waals surface area contributed by atoms with Gasteiger partial charge in [0.1, 0.15) is 0 Å². The number of carbonyl (C=O) groups is 2. The average Bonchev–Trinajstić information content (AvgIpc) is 2.65. The summed E-state index contributed by atoms with van der Waals surface area (Å²) in [6.07, 6.45) is 9.66. The van der Waals surface area contributed by atoms with Gasteiger partial charge in [0.25, 0.3) is 0 Å². The first-order valence-electron chi connectivity index (χ1n) is 9.56. The molecule has 0 aliphatic carbocycles. The molecule has 140 valence electrons. The largest absolute Gasteiger partial charge is 0.478 e. The van der Waals surface area contributed by atoms with Gasteiger partial charge in [-0.1, -0.05) is 64.0 Å². The molecule has 0 heterocycles. The van der Waals surface area contributed by atoms with Crippen molar-refractivity contribution < 1.29 is 19.4 Å². The predicted octanol–water partition coefficient (Wildman–Crippen LogP) is 5.84. The lowest BCUT2D eigenvalue weighted by Crippen LogP contribution is -2.06. The van der Waals surface area contributed by atoms with E-state index in [0.717, 1.165) is 23.6 Å². The molecule has 0 spiro atoms. The van der Waals surface area contributed by atoms with Gasteiger partial charge < -0.3 is 9.84 Å². The molecule has 0 bridgehead atoms. The second-order valence-corrected chi connectivity index (χ2v) is 6.69. The van der Waals surface area contributed by atoms with E-state index in [9.17, 15) is 9.59 Å². The first kappa shape index (κ1) is 20.0. The maximum absolute atomic E-state index is 12.2. The Morgan fingerprint density at radius 3 is 1.96 bits per heavy atom. The molecule has 0 atom stereocenters. The Morgan fingerprint density at radius 2 is 1.35 bits per heavy atom. The van der Waals surface area contributed by atoms with E-state index in [0.29, 0.717) is 12.2 Å². The zero-order chi connectivity index (χ0) is 18.8. The van der Waals surface area contributed by atoms with E-state index in [1.807, 2.05) is 0 Å². The third-order valence-corrected chi connectivity index (χ3v) is 4.55. The van der Waals surface area contributed by atoms with Gasteiger partial charge in [0.15, 0.2) is 0 Å². The second-order valence-electron chi connectivity index (χ2n) is 6.69. The van der Waals surface area contributed by atoms with Crippen LogP contribution in [0.15, 0.2) is 36.4 Å². The van der Waals surface area contributed by atoms with Gasteiger partial charge in [0.05, 0.1) is 17.7 Å². The number of esters is 1. The van der Waals surface area contributed by atoms with Gasteiger partial charge in [-0.25, -0.2) is 9.59 Å². The minimum absolute atomic E-state index is 0.238. The first-order chi connectivity index (χ1) is 12.6. The summed E-state index contributed by atoms with van der Waals surface area (Å²) in [6.45, 7) is 2.67. The summed E-state index contributed by atoms with van der Waals surface area (Å²) in [7, 11) is 0. The Labute approximate surface area is 155 Å². The summed E-state index contributed by atoms with van der Waals surface area (Å²) in [5.74, 6) is -1.28. The quantitative estimate of drug-likeness (QED) is 0.406. The summed E-state index contributed by atoms with van der Waals surface area (Å²) in [5.41, 5.74) is 0.739. The van der Waals surface area contributed by atoms with Crippen molar-refractivity contribution in [1.82, 2.24) is 0 Å². The lowest BCUT2D eigenvalue weighted by Gasteiger charge is -2.07. The zero-order valence-electron chi connectivity index (χ0n) is 15.5. The Morgan fingerprint density at radius 1 is 0.808 bits per heavy atom. The number of hydrogen-bond donors (Lipinski definition) is 1. The van der Waals surface area contributed by atoms with Crippen LogP contribution in [0.5, 0.6) is 0 Å². The van der Waals surface area contributed by atoms with E-state index < -0.39 is 5.97 Å². The number of carbonyl (C=O) groups excluding carboxylic acids is 1. The Balaban J connectivity index is 1.75. The molecule has 0 aliphatic rings. The molecule has 2 aromatic rings. The number of carboxylic acid groups (broad SMARTS) is 1. The maximum Gasteiger partial charge on any atom is 0.338 e. The summed E-state index contributed by atoms with van der Waals surface area (Å²) in [6, 6.07) is 10.1. The fourth-order valence-electron chi connectivity index (χ4n) is 2.99. The average molecular weight is 356 g/mol. The number of unbranched alkanes of at least 4 members (excludes halogenated alkanes) is 7. The molecule has 26 heavy (non-hydrogen) atoms. The van der Waals surface area contributed by atoms with Crippen LogP contribution in [0.1, 0.15) is 79.0 Å². The fourth-order valence-corrected chi connectivity index (χ4v) is 2.99. The molecular formula is C22H28O4. The lowest BCUT2D eigenvalue weighted by molar-refractivity contribution is 0.0497. The molecule has 2 aromatic carbocycles. The van der Waals surface area contributed by atoms with Crippen LogP contribution in [0.3, 0.4) is 0 Å². The number of benzene rings is 2. The number of rotatable bonds is 11. The summed E-state index contributed by atoms with van der Waals surface area (Å²) in [5, 5.41) is 10.7. The topological polar surface area (TPSA) is 63.6 Å². The van der Waals surface area contributed by atoms with Crippen LogP contribution in [0.25, 0.3) is 10.8 Å². The van der Waals surface area contributed by atoms with Crippen molar-refractivity contribution in [2.75, 3.05) is 6.61 Å². The molecule has 0 aromatic heterocycles. The van der Waals surface area contributed by atoms with Crippen molar-refractivity contribution in [2.45, 2.75) is 58.3 Å². The normalized spacial score (nSPS) is 10.8. The molecule has 0 aliphatic heterocycles. The Hall–Kier alpha value is -2.36. The number of fused-ring (bicyclic) bond motifs is 1. The fraction of sp³-hybridized carbons (Fsp3) is 0.455. The molecule has 4 heteroatoms. The molecule has 2 rings (SSSR count). The molecule has 0 saturated carbocycles. The number of hydrogen-bond acceptors (Lipinski definition) is 3. The highest BCUT2D eigenvalue weighted by Gasteiger charge is 2.09. The van der Waals surface area contributed by atoms with Crippen LogP contribution in [0.2, 0.25) is 0 Å². The molecule has 0 fully saturated rings. The van der Waals surface area contributed by atoms with Gasteiger partial charge in [-0.15, -0.1) is 0 Å². The van der Waals surface area contributed by atoms with Gasteiger partial charge in [-0.05, 0) is 41.5 Å². The molecule has 1 N–H and O–H groups in total. The van der Waals surface area contributed by atoms with Crippen LogP contribution in [0, 0.1) is 0 Å². The predicted molar refractivity (Wildman–Crippen MR) is 104 cm³/mol. The number of ether oxygens (including phenoxy) is 1. The van der Waals surface area contributed by atoms with Gasteiger partial charge >= 0.3 is 11.9 Å². The van der Waals surface area contributed by atoms with Crippen LogP contribution in [0.4, 0.5) is 0 Å². The Bertz CT molecular complexity index is 736. The van der Waals surface area contributed by atoms with Crippen LogP contribution >= 0.6 is 0 Å². The van der Waals surface area contributed by atoms with E-state index in [4.69, 9.17) is 9.84 Å². The molecule has 0 unspecified atom stereocenters. The molecule has 0 radical (unpaired) electrons. The van der Waals surface area contributed by atoms with E-state index in [-0.39, 0.29) is 11.5 Å². The molecule has 0 saturated heterocycles. The van der Waals surface area contributed by atoms with Crippen molar-refractivity contribution in [3.8, 4) is 0 Å². The molecule has 0 amide bonds. The smallest absolute Gasteiger partial charge is 0.338 e.